The van der Waals surface area contributed by atoms with Crippen LogP contribution in [-0.2, 0) is 13.2 Å². The van der Waals surface area contributed by atoms with Crippen LogP contribution in [0.15, 0.2) is 73.1 Å². The van der Waals surface area contributed by atoms with Gasteiger partial charge in [0.15, 0.2) is 0 Å². The van der Waals surface area contributed by atoms with E-state index in [1.807, 2.05) is 102 Å². The second-order valence-electron chi connectivity index (χ2n) is 6.85. The van der Waals surface area contributed by atoms with E-state index in [0.717, 1.165) is 29.2 Å². The summed E-state index contributed by atoms with van der Waals surface area (Å²) in [5.41, 5.74) is 3.30. The van der Waals surface area contributed by atoms with Crippen molar-refractivity contribution in [1.82, 2.24) is 29.4 Å². The number of para-hydroxylation sites is 1. The maximum atomic E-state index is 5.40. The Balaban J connectivity index is 1.39. The molecule has 2 heterocycles. The lowest BCUT2D eigenvalue weighted by Crippen LogP contribution is -2.22. The summed E-state index contributed by atoms with van der Waals surface area (Å²) < 4.78 is 4.28. The molecule has 0 radical (unpaired) electrons. The van der Waals surface area contributed by atoms with E-state index in [0.29, 0.717) is 11.4 Å². The summed E-state index contributed by atoms with van der Waals surface area (Å²) in [6.07, 6.45) is 7.89. The van der Waals surface area contributed by atoms with E-state index < -0.39 is 0 Å². The van der Waals surface area contributed by atoms with Crippen LogP contribution in [-0.4, -0.2) is 36.5 Å². The van der Waals surface area contributed by atoms with Crippen LogP contribution in [0.5, 0.6) is 0 Å². The highest BCUT2D eigenvalue weighted by atomic mass is 32.1. The Labute approximate surface area is 174 Å². The van der Waals surface area contributed by atoms with Crippen molar-refractivity contribution in [2.24, 2.45) is 0 Å². The molecule has 29 heavy (non-hydrogen) atoms. The Hall–Kier alpha value is -3.29. The topological polar surface area (TPSA) is 54.7 Å². The third kappa shape index (κ3) is 4.96. The summed E-state index contributed by atoms with van der Waals surface area (Å²) in [7, 11) is 2.04. The van der Waals surface area contributed by atoms with Gasteiger partial charge in [-0.3, -0.25) is 10.00 Å². The second kappa shape index (κ2) is 8.81. The minimum Gasteiger partial charge on any atom is -0.283 e. The summed E-state index contributed by atoms with van der Waals surface area (Å²) in [5.74, 6) is 0.740. The molecular weight excluding hydrogens is 380 g/mol. The van der Waals surface area contributed by atoms with E-state index in [-0.39, 0.29) is 0 Å². The highest BCUT2D eigenvalue weighted by Crippen LogP contribution is 2.10. The predicted octanol–water partition coefficient (Wildman–Crippen LogP) is 4.39. The van der Waals surface area contributed by atoms with Crippen molar-refractivity contribution in [1.29, 1.82) is 0 Å². The lowest BCUT2D eigenvalue weighted by Gasteiger charge is -2.15. The van der Waals surface area contributed by atoms with Gasteiger partial charge >= 0.3 is 0 Å². The van der Waals surface area contributed by atoms with Crippen molar-refractivity contribution in [3.8, 4) is 5.69 Å². The molecule has 0 saturated heterocycles. The lowest BCUT2D eigenvalue weighted by atomic mass is 10.2. The number of rotatable bonds is 7. The van der Waals surface area contributed by atoms with Gasteiger partial charge in [0, 0.05) is 18.3 Å². The molecule has 0 unspecified atom stereocenters. The number of nitrogens with zero attached hydrogens (tertiary/aromatic N) is 5. The van der Waals surface area contributed by atoms with Gasteiger partial charge in [-0.15, -0.1) is 0 Å². The number of aromatic nitrogens is 5. The smallest absolute Gasteiger partial charge is 0.217 e. The Morgan fingerprint density at radius 1 is 1.03 bits per heavy atom. The number of hydrogen-bond donors (Lipinski definition) is 1. The van der Waals surface area contributed by atoms with Crippen LogP contribution in [0.4, 0.5) is 0 Å². The first-order chi connectivity index (χ1) is 14.2. The lowest BCUT2D eigenvalue weighted by molar-refractivity contribution is 0.244. The monoisotopic (exact) mass is 402 g/mol. The largest absolute Gasteiger partial charge is 0.283 e. The summed E-state index contributed by atoms with van der Waals surface area (Å²) in [5, 5.41) is 7.71. The fourth-order valence-corrected chi connectivity index (χ4v) is 3.25. The zero-order chi connectivity index (χ0) is 20.1. The molecule has 1 N–H and O–H groups in total. The van der Waals surface area contributed by atoms with Crippen LogP contribution < -0.4 is 0 Å². The predicted molar refractivity (Wildman–Crippen MR) is 118 cm³/mol. The fourth-order valence-electron chi connectivity index (χ4n) is 3.05. The van der Waals surface area contributed by atoms with Crippen molar-refractivity contribution in [3.63, 3.8) is 0 Å². The number of H-pyrrole nitrogens is 1. The quantitative estimate of drug-likeness (QED) is 0.466. The van der Waals surface area contributed by atoms with Gasteiger partial charge in [0.1, 0.15) is 5.82 Å². The average Bonchev–Trinajstić information content (AvgIpc) is 3.34. The normalized spacial score (nSPS) is 11.5. The molecule has 4 aromatic rings. The number of benzene rings is 2. The maximum Gasteiger partial charge on any atom is 0.217 e. The number of hydrogen-bond acceptors (Lipinski definition) is 4. The Morgan fingerprint density at radius 2 is 1.76 bits per heavy atom. The summed E-state index contributed by atoms with van der Waals surface area (Å²) in [4.78, 5) is 6.58. The Bertz CT molecular complexity index is 1140. The summed E-state index contributed by atoms with van der Waals surface area (Å²) >= 11 is 5.40. The van der Waals surface area contributed by atoms with Gasteiger partial charge in [0.2, 0.25) is 4.77 Å². The molecule has 6 nitrogen and oxygen atoms in total. The van der Waals surface area contributed by atoms with E-state index in [1.54, 1.807) is 0 Å². The van der Waals surface area contributed by atoms with E-state index in [2.05, 4.69) is 20.1 Å². The highest BCUT2D eigenvalue weighted by molar-refractivity contribution is 7.71. The van der Waals surface area contributed by atoms with Crippen LogP contribution >= 0.6 is 12.2 Å². The summed E-state index contributed by atoms with van der Waals surface area (Å²) in [6.45, 7) is 1.37. The molecule has 0 aliphatic rings. The Kier molecular flexibility index (Phi) is 5.79. The molecule has 0 aliphatic carbocycles. The van der Waals surface area contributed by atoms with Gasteiger partial charge in [0.25, 0.3) is 0 Å². The fraction of sp³-hybridized carbons (Fsp3) is 0.136. The molecule has 0 spiro atoms. The van der Waals surface area contributed by atoms with E-state index >= 15 is 0 Å². The zero-order valence-electron chi connectivity index (χ0n) is 16.1. The van der Waals surface area contributed by atoms with Crippen LogP contribution in [0.25, 0.3) is 17.8 Å². The molecule has 146 valence electrons. The molecule has 0 aliphatic heterocycles. The maximum absolute atomic E-state index is 5.40. The molecule has 2 aromatic carbocycles. The first-order valence-corrected chi connectivity index (χ1v) is 9.76. The molecule has 0 fully saturated rings. The molecule has 0 bridgehead atoms. The molecule has 0 amide bonds. The van der Waals surface area contributed by atoms with Crippen LogP contribution in [0.1, 0.15) is 17.0 Å². The molecule has 4 rings (SSSR count). The van der Waals surface area contributed by atoms with Gasteiger partial charge in [-0.25, -0.2) is 9.36 Å². The Morgan fingerprint density at radius 3 is 2.52 bits per heavy atom. The third-order valence-corrected chi connectivity index (χ3v) is 4.73. The van der Waals surface area contributed by atoms with Gasteiger partial charge in [0.05, 0.1) is 18.6 Å². The third-order valence-electron chi connectivity index (χ3n) is 4.42. The van der Waals surface area contributed by atoms with E-state index in [4.69, 9.17) is 12.2 Å². The van der Waals surface area contributed by atoms with Crippen molar-refractivity contribution < 1.29 is 0 Å². The van der Waals surface area contributed by atoms with Crippen LogP contribution in [0, 0.1) is 4.77 Å². The minimum absolute atomic E-state index is 0.532. The SMILES string of the molecule is CN(Cc1cnn(-c2ccccc2)c1)Cn1[nH]c(/C=C/c2ccccc2)nc1=S. The van der Waals surface area contributed by atoms with Crippen LogP contribution in [0.3, 0.4) is 0 Å². The van der Waals surface area contributed by atoms with Gasteiger partial charge in [-0.1, -0.05) is 54.6 Å². The first-order valence-electron chi connectivity index (χ1n) is 9.35. The van der Waals surface area contributed by atoms with E-state index in [9.17, 15) is 0 Å². The minimum atomic E-state index is 0.532. The van der Waals surface area contributed by atoms with Crippen molar-refractivity contribution in [2.45, 2.75) is 13.2 Å². The average molecular weight is 403 g/mol. The van der Waals surface area contributed by atoms with Crippen molar-refractivity contribution in [2.75, 3.05) is 7.05 Å². The molecular formula is C22H22N6S. The standard InChI is InChI=1S/C22H22N6S/c1-26(15-19-14-23-27(16-19)20-10-6-3-7-11-20)17-28-22(29)24-21(25-28)13-12-18-8-4-2-5-9-18/h2-14,16H,15,17H2,1H3,(H,24,25,29)/b13-12+. The van der Waals surface area contributed by atoms with Gasteiger partial charge in [-0.05, 0) is 43.0 Å². The molecule has 2 aromatic heterocycles. The van der Waals surface area contributed by atoms with Crippen molar-refractivity contribution >= 4 is 24.4 Å². The van der Waals surface area contributed by atoms with Gasteiger partial charge < -0.3 is 0 Å². The summed E-state index contributed by atoms with van der Waals surface area (Å²) in [6, 6.07) is 20.2. The number of nitrogens with one attached hydrogen (secondary N) is 1. The van der Waals surface area contributed by atoms with E-state index in [1.165, 1.54) is 0 Å². The molecule has 7 heteroatoms. The second-order valence-corrected chi connectivity index (χ2v) is 7.21. The molecule has 0 atom stereocenters. The van der Waals surface area contributed by atoms with Crippen molar-refractivity contribution in [3.05, 3.63) is 94.8 Å². The highest BCUT2D eigenvalue weighted by Gasteiger charge is 2.07. The number of aromatic amines is 1. The van der Waals surface area contributed by atoms with Gasteiger partial charge in [-0.2, -0.15) is 10.1 Å². The first kappa shape index (κ1) is 19.0. The molecule has 0 saturated carbocycles. The van der Waals surface area contributed by atoms with Crippen LogP contribution in [0.2, 0.25) is 0 Å². The zero-order valence-corrected chi connectivity index (χ0v) is 17.0.